The molecule has 1 heterocycles. The van der Waals surface area contributed by atoms with E-state index >= 15 is 0 Å². The van der Waals surface area contributed by atoms with Crippen molar-refractivity contribution in [2.45, 2.75) is 12.5 Å². The van der Waals surface area contributed by atoms with Crippen LogP contribution in [-0.2, 0) is 9.59 Å². The lowest BCUT2D eigenvalue weighted by Crippen LogP contribution is -2.29. The molecule has 18 heavy (non-hydrogen) atoms. The molecule has 0 aliphatic carbocycles. The summed E-state index contributed by atoms with van der Waals surface area (Å²) in [7, 11) is 0. The van der Waals surface area contributed by atoms with Gasteiger partial charge >= 0.3 is 5.97 Å². The van der Waals surface area contributed by atoms with Crippen LogP contribution in [0.15, 0.2) is 36.0 Å². The summed E-state index contributed by atoms with van der Waals surface area (Å²) in [6.07, 6.45) is 1.60. The number of anilines is 1. The van der Waals surface area contributed by atoms with Gasteiger partial charge in [-0.3, -0.25) is 4.79 Å². The Balaban J connectivity index is 2.00. The molecule has 94 valence electrons. The summed E-state index contributed by atoms with van der Waals surface area (Å²) in [4.78, 5) is 22.6. The maximum absolute atomic E-state index is 11.8. The first-order chi connectivity index (χ1) is 8.56. The first-order valence-electron chi connectivity index (χ1n) is 5.31. The number of halogens is 1. The molecular formula is C12H11ClN2O3. The van der Waals surface area contributed by atoms with E-state index in [2.05, 4.69) is 10.6 Å². The number of carbonyl (C=O) groups is 2. The highest BCUT2D eigenvalue weighted by Gasteiger charge is 2.26. The molecule has 0 spiro atoms. The van der Waals surface area contributed by atoms with Gasteiger partial charge in [-0.1, -0.05) is 17.7 Å². The molecule has 0 saturated heterocycles. The van der Waals surface area contributed by atoms with E-state index < -0.39 is 12.0 Å². The van der Waals surface area contributed by atoms with Crippen molar-refractivity contribution in [2.24, 2.45) is 0 Å². The van der Waals surface area contributed by atoms with Crippen molar-refractivity contribution in [2.75, 3.05) is 5.32 Å². The van der Waals surface area contributed by atoms with Gasteiger partial charge in [0.25, 0.3) is 5.91 Å². The van der Waals surface area contributed by atoms with Gasteiger partial charge in [0.1, 0.15) is 6.04 Å². The molecular weight excluding hydrogens is 256 g/mol. The molecule has 0 saturated carbocycles. The second kappa shape index (κ2) is 5.10. The van der Waals surface area contributed by atoms with Crippen molar-refractivity contribution in [1.29, 1.82) is 0 Å². The van der Waals surface area contributed by atoms with Crippen molar-refractivity contribution in [1.82, 2.24) is 5.32 Å². The van der Waals surface area contributed by atoms with Crippen LogP contribution in [-0.4, -0.2) is 23.0 Å². The quantitative estimate of drug-likeness (QED) is 0.777. The summed E-state index contributed by atoms with van der Waals surface area (Å²) < 4.78 is 0. The third kappa shape index (κ3) is 2.81. The molecule has 1 amide bonds. The first kappa shape index (κ1) is 12.4. The minimum Gasteiger partial charge on any atom is -0.480 e. The summed E-state index contributed by atoms with van der Waals surface area (Å²) in [5.74, 6) is -1.30. The van der Waals surface area contributed by atoms with E-state index in [0.717, 1.165) is 0 Å². The van der Waals surface area contributed by atoms with Gasteiger partial charge in [0.15, 0.2) is 0 Å². The molecule has 5 nitrogen and oxygen atoms in total. The highest BCUT2D eigenvalue weighted by Crippen LogP contribution is 2.18. The SMILES string of the molecule is O=C(Nc1cccc(Cl)c1)C1=CNC(C(=O)O)C1. The van der Waals surface area contributed by atoms with E-state index in [0.29, 0.717) is 16.3 Å². The van der Waals surface area contributed by atoms with Crippen molar-refractivity contribution in [3.63, 3.8) is 0 Å². The number of carbonyl (C=O) groups excluding carboxylic acids is 1. The Labute approximate surface area is 108 Å². The fourth-order valence-corrected chi connectivity index (χ4v) is 1.82. The highest BCUT2D eigenvalue weighted by atomic mass is 35.5. The highest BCUT2D eigenvalue weighted by molar-refractivity contribution is 6.30. The molecule has 1 aliphatic rings. The van der Waals surface area contributed by atoms with E-state index in [1.807, 2.05) is 0 Å². The lowest BCUT2D eigenvalue weighted by Gasteiger charge is -2.06. The number of rotatable bonds is 3. The molecule has 0 radical (unpaired) electrons. The largest absolute Gasteiger partial charge is 0.480 e. The summed E-state index contributed by atoms with van der Waals surface area (Å²) in [5, 5.41) is 14.6. The molecule has 6 heteroatoms. The molecule has 2 rings (SSSR count). The number of aliphatic carboxylic acids is 1. The summed E-state index contributed by atoms with van der Waals surface area (Å²) >= 11 is 5.80. The Bertz CT molecular complexity index is 528. The van der Waals surface area contributed by atoms with Crippen molar-refractivity contribution in [3.8, 4) is 0 Å². The van der Waals surface area contributed by atoms with Crippen molar-refractivity contribution in [3.05, 3.63) is 41.1 Å². The molecule has 1 atom stereocenters. The lowest BCUT2D eigenvalue weighted by molar-refractivity contribution is -0.138. The van der Waals surface area contributed by atoms with Crippen LogP contribution in [0, 0.1) is 0 Å². The van der Waals surface area contributed by atoms with Gasteiger partial charge in [-0.05, 0) is 18.2 Å². The smallest absolute Gasteiger partial charge is 0.326 e. The maximum Gasteiger partial charge on any atom is 0.326 e. The van der Waals surface area contributed by atoms with E-state index in [1.54, 1.807) is 24.3 Å². The van der Waals surface area contributed by atoms with Crippen LogP contribution in [0.25, 0.3) is 0 Å². The van der Waals surface area contributed by atoms with Crippen LogP contribution in [0.2, 0.25) is 5.02 Å². The maximum atomic E-state index is 11.8. The molecule has 0 fully saturated rings. The average molecular weight is 267 g/mol. The minimum absolute atomic E-state index is 0.168. The van der Waals surface area contributed by atoms with Crippen LogP contribution in [0.3, 0.4) is 0 Å². The van der Waals surface area contributed by atoms with E-state index in [9.17, 15) is 9.59 Å². The molecule has 0 aromatic heterocycles. The van der Waals surface area contributed by atoms with Crippen LogP contribution >= 0.6 is 11.6 Å². The fraction of sp³-hybridized carbons (Fsp3) is 0.167. The molecule has 1 aromatic carbocycles. The fourth-order valence-electron chi connectivity index (χ4n) is 1.63. The molecule has 1 aromatic rings. The van der Waals surface area contributed by atoms with Gasteiger partial charge in [0, 0.05) is 28.9 Å². The Kier molecular flexibility index (Phi) is 3.53. The Morgan fingerprint density at radius 2 is 2.22 bits per heavy atom. The molecule has 0 bridgehead atoms. The minimum atomic E-state index is -0.975. The number of carboxylic acid groups (broad SMARTS) is 1. The summed E-state index contributed by atoms with van der Waals surface area (Å²) in [6, 6.07) is 6.02. The number of amides is 1. The molecule has 3 N–H and O–H groups in total. The second-order valence-electron chi connectivity index (χ2n) is 3.90. The van der Waals surface area contributed by atoms with Crippen LogP contribution in [0.1, 0.15) is 6.42 Å². The van der Waals surface area contributed by atoms with Crippen molar-refractivity contribution < 1.29 is 14.7 Å². The Hall–Kier alpha value is -2.01. The van der Waals surface area contributed by atoms with Gasteiger partial charge in [-0.25, -0.2) is 4.79 Å². The second-order valence-corrected chi connectivity index (χ2v) is 4.33. The van der Waals surface area contributed by atoms with Gasteiger partial charge < -0.3 is 15.7 Å². The Morgan fingerprint density at radius 1 is 1.44 bits per heavy atom. The normalized spacial score (nSPS) is 17.8. The third-order valence-corrected chi connectivity index (χ3v) is 2.79. The van der Waals surface area contributed by atoms with Crippen LogP contribution in [0.4, 0.5) is 5.69 Å². The number of benzene rings is 1. The predicted octanol–water partition coefficient (Wildman–Crippen LogP) is 1.61. The predicted molar refractivity (Wildman–Crippen MR) is 67.3 cm³/mol. The zero-order chi connectivity index (χ0) is 13.1. The van der Waals surface area contributed by atoms with Crippen molar-refractivity contribution >= 4 is 29.2 Å². The van der Waals surface area contributed by atoms with Gasteiger partial charge in [0.05, 0.1) is 0 Å². The number of hydrogen-bond donors (Lipinski definition) is 3. The molecule has 1 aliphatic heterocycles. The van der Waals surface area contributed by atoms with Gasteiger partial charge in [-0.2, -0.15) is 0 Å². The monoisotopic (exact) mass is 266 g/mol. The van der Waals surface area contributed by atoms with Crippen LogP contribution in [0.5, 0.6) is 0 Å². The van der Waals surface area contributed by atoms with E-state index in [4.69, 9.17) is 16.7 Å². The Morgan fingerprint density at radius 3 is 2.83 bits per heavy atom. The standard InChI is InChI=1S/C12H11ClN2O3/c13-8-2-1-3-9(5-8)15-11(16)7-4-10(12(17)18)14-6-7/h1-3,5-6,10,14H,4H2,(H,15,16)(H,17,18). The lowest BCUT2D eigenvalue weighted by atomic mass is 10.1. The van der Waals surface area contributed by atoms with Crippen LogP contribution < -0.4 is 10.6 Å². The van der Waals surface area contributed by atoms with E-state index in [1.165, 1.54) is 6.20 Å². The molecule has 1 unspecified atom stereocenters. The number of nitrogens with one attached hydrogen (secondary N) is 2. The zero-order valence-electron chi connectivity index (χ0n) is 9.31. The van der Waals surface area contributed by atoms with E-state index in [-0.39, 0.29) is 12.3 Å². The summed E-state index contributed by atoms with van der Waals surface area (Å²) in [5.41, 5.74) is 0.981. The third-order valence-electron chi connectivity index (χ3n) is 2.56. The first-order valence-corrected chi connectivity index (χ1v) is 5.69. The van der Waals surface area contributed by atoms with Gasteiger partial charge in [-0.15, -0.1) is 0 Å². The number of carboxylic acids is 1. The summed E-state index contributed by atoms with van der Waals surface area (Å²) in [6.45, 7) is 0. The van der Waals surface area contributed by atoms with Gasteiger partial charge in [0.2, 0.25) is 0 Å². The average Bonchev–Trinajstić information content (AvgIpc) is 2.78. The zero-order valence-corrected chi connectivity index (χ0v) is 10.1. The number of hydrogen-bond acceptors (Lipinski definition) is 3. The topological polar surface area (TPSA) is 78.4 Å².